The molecule has 2 unspecified atom stereocenters. The van der Waals surface area contributed by atoms with E-state index in [-0.39, 0.29) is 11.5 Å². The van der Waals surface area contributed by atoms with Gasteiger partial charge in [-0.05, 0) is 60.0 Å². The van der Waals surface area contributed by atoms with Crippen LogP contribution in [0.15, 0.2) is 72.8 Å². The molecule has 2 atom stereocenters. The number of hydrogen-bond donors (Lipinski definition) is 3. The first-order valence-electron chi connectivity index (χ1n) is 10.0. The first-order valence-corrected chi connectivity index (χ1v) is 10.0. The largest absolute Gasteiger partial charge is 0.511 e. The molecule has 3 rings (SSSR count). The zero-order valence-corrected chi connectivity index (χ0v) is 18.4. The van der Waals surface area contributed by atoms with Crippen LogP contribution in [0.1, 0.15) is 30.5 Å². The zero-order valence-electron chi connectivity index (χ0n) is 18.4. The molecule has 0 radical (unpaired) electrons. The summed E-state index contributed by atoms with van der Waals surface area (Å²) in [6.45, 7) is 3.61. The summed E-state index contributed by atoms with van der Waals surface area (Å²) in [4.78, 5) is 12.4. The number of ether oxygens (including phenoxy) is 2. The molecule has 3 N–H and O–H groups in total. The van der Waals surface area contributed by atoms with Gasteiger partial charge in [0.2, 0.25) is 5.91 Å². The fraction of sp³-hybridized carbons (Fsp3) is 0.240. The molecule has 0 aromatic heterocycles. The lowest BCUT2D eigenvalue weighted by atomic mass is 9.71. The van der Waals surface area contributed by atoms with Gasteiger partial charge in [-0.25, -0.2) is 4.79 Å². The van der Waals surface area contributed by atoms with Gasteiger partial charge in [-0.15, -0.1) is 0 Å². The second kappa shape index (κ2) is 8.90. The number of carbonyl (C=O) groups is 1. The van der Waals surface area contributed by atoms with Crippen molar-refractivity contribution in [3.05, 3.63) is 89.5 Å². The standard InChI is InChI=1S/C25H27NO6/c1-24(18-7-13-21(27)14-8-18,19-9-15-22(16-10-19)32-23(28)29)17-5-11-20(12-6-17)26(3)25(2,30)31-4/h5-16,27,30H,1-4H3,(H,28,29). The Hall–Kier alpha value is -3.55. The molecule has 168 valence electrons. The molecule has 3 aromatic carbocycles. The summed E-state index contributed by atoms with van der Waals surface area (Å²) in [5.41, 5.74) is 2.96. The quantitative estimate of drug-likeness (QED) is 0.216. The van der Waals surface area contributed by atoms with Gasteiger partial charge in [0.15, 0.2) is 0 Å². The highest BCUT2D eigenvalue weighted by Gasteiger charge is 2.32. The maximum Gasteiger partial charge on any atom is 0.511 e. The number of benzene rings is 3. The molecule has 3 aromatic rings. The van der Waals surface area contributed by atoms with Crippen molar-refractivity contribution in [3.8, 4) is 11.5 Å². The minimum absolute atomic E-state index is 0.167. The lowest BCUT2D eigenvalue weighted by Crippen LogP contribution is -2.45. The fourth-order valence-electron chi connectivity index (χ4n) is 3.65. The Morgan fingerprint density at radius 3 is 1.72 bits per heavy atom. The second-order valence-electron chi connectivity index (χ2n) is 7.81. The van der Waals surface area contributed by atoms with E-state index in [0.717, 1.165) is 22.4 Å². The number of aromatic hydroxyl groups is 1. The Balaban J connectivity index is 2.07. The fourth-order valence-corrected chi connectivity index (χ4v) is 3.65. The van der Waals surface area contributed by atoms with Crippen LogP contribution in [0.3, 0.4) is 0 Å². The Bertz CT molecular complexity index is 1060. The Labute approximate surface area is 187 Å². The molecule has 0 bridgehead atoms. The smallest absolute Gasteiger partial charge is 0.508 e. The van der Waals surface area contributed by atoms with Gasteiger partial charge in [0.25, 0.3) is 0 Å². The van der Waals surface area contributed by atoms with Crippen LogP contribution in [-0.4, -0.2) is 41.5 Å². The van der Waals surface area contributed by atoms with Crippen LogP contribution in [0.5, 0.6) is 11.5 Å². The van der Waals surface area contributed by atoms with Crippen molar-refractivity contribution in [2.24, 2.45) is 0 Å². The lowest BCUT2D eigenvalue weighted by Gasteiger charge is -2.35. The molecule has 0 saturated heterocycles. The summed E-state index contributed by atoms with van der Waals surface area (Å²) in [5.74, 6) is -1.06. The Kier molecular flexibility index (Phi) is 6.43. The first kappa shape index (κ1) is 23.1. The minimum Gasteiger partial charge on any atom is -0.508 e. The highest BCUT2D eigenvalue weighted by atomic mass is 16.7. The van der Waals surface area contributed by atoms with E-state index in [0.29, 0.717) is 0 Å². The Morgan fingerprint density at radius 1 is 0.844 bits per heavy atom. The molecule has 0 heterocycles. The number of nitrogens with zero attached hydrogens (tertiary/aromatic N) is 1. The van der Waals surface area contributed by atoms with Crippen LogP contribution in [0.2, 0.25) is 0 Å². The van der Waals surface area contributed by atoms with Gasteiger partial charge in [-0.1, -0.05) is 36.4 Å². The summed E-state index contributed by atoms with van der Waals surface area (Å²) in [6.07, 6.45) is -1.37. The van der Waals surface area contributed by atoms with E-state index >= 15 is 0 Å². The van der Waals surface area contributed by atoms with Crippen LogP contribution in [0.25, 0.3) is 0 Å². The summed E-state index contributed by atoms with van der Waals surface area (Å²) in [6, 6.07) is 21.5. The van der Waals surface area contributed by atoms with Gasteiger partial charge in [-0.2, -0.15) is 0 Å². The molecule has 0 spiro atoms. The lowest BCUT2D eigenvalue weighted by molar-refractivity contribution is -0.167. The van der Waals surface area contributed by atoms with Crippen molar-refractivity contribution in [2.45, 2.75) is 25.2 Å². The van der Waals surface area contributed by atoms with Crippen LogP contribution >= 0.6 is 0 Å². The predicted octanol–water partition coefficient (Wildman–Crippen LogP) is 4.55. The first-order chi connectivity index (χ1) is 15.1. The van der Waals surface area contributed by atoms with Gasteiger partial charge in [0, 0.05) is 32.2 Å². The third-order valence-electron chi connectivity index (χ3n) is 5.92. The maximum atomic E-state index is 10.8. The van der Waals surface area contributed by atoms with Gasteiger partial charge >= 0.3 is 6.16 Å². The van der Waals surface area contributed by atoms with Crippen molar-refractivity contribution < 1.29 is 29.6 Å². The van der Waals surface area contributed by atoms with Crippen molar-refractivity contribution >= 4 is 11.8 Å². The van der Waals surface area contributed by atoms with E-state index in [1.54, 1.807) is 43.1 Å². The topological polar surface area (TPSA) is 99.5 Å². The van der Waals surface area contributed by atoms with Gasteiger partial charge < -0.3 is 29.7 Å². The van der Waals surface area contributed by atoms with Gasteiger partial charge in [0.1, 0.15) is 11.5 Å². The van der Waals surface area contributed by atoms with Crippen LogP contribution in [0.4, 0.5) is 10.5 Å². The summed E-state index contributed by atoms with van der Waals surface area (Å²) in [5, 5.41) is 29.0. The number of phenolic OH excluding ortho intramolecular Hbond substituents is 1. The van der Waals surface area contributed by atoms with Crippen molar-refractivity contribution in [2.75, 3.05) is 19.1 Å². The number of rotatable bonds is 7. The monoisotopic (exact) mass is 437 g/mol. The van der Waals surface area contributed by atoms with Gasteiger partial charge in [-0.3, -0.25) is 0 Å². The molecule has 7 nitrogen and oxygen atoms in total. The van der Waals surface area contributed by atoms with Crippen molar-refractivity contribution in [3.63, 3.8) is 0 Å². The number of carboxylic acid groups (broad SMARTS) is 1. The van der Waals surface area contributed by atoms with E-state index in [1.807, 2.05) is 48.5 Å². The van der Waals surface area contributed by atoms with Crippen LogP contribution in [0, 0.1) is 0 Å². The maximum absolute atomic E-state index is 10.8. The molecule has 0 aliphatic heterocycles. The molecular weight excluding hydrogens is 410 g/mol. The molecule has 0 saturated carbocycles. The molecule has 0 aliphatic carbocycles. The molecule has 0 amide bonds. The van der Waals surface area contributed by atoms with E-state index in [9.17, 15) is 15.0 Å². The average Bonchev–Trinajstić information content (AvgIpc) is 2.78. The Morgan fingerprint density at radius 2 is 1.28 bits per heavy atom. The summed E-state index contributed by atoms with van der Waals surface area (Å²) >= 11 is 0. The highest BCUT2D eigenvalue weighted by Crippen LogP contribution is 2.40. The minimum atomic E-state index is -1.46. The third kappa shape index (κ3) is 4.54. The second-order valence-corrected chi connectivity index (χ2v) is 7.81. The average molecular weight is 437 g/mol. The highest BCUT2D eigenvalue weighted by molar-refractivity contribution is 5.61. The van der Waals surface area contributed by atoms with E-state index in [4.69, 9.17) is 14.6 Å². The summed E-state index contributed by atoms with van der Waals surface area (Å²) < 4.78 is 9.88. The van der Waals surface area contributed by atoms with E-state index in [1.165, 1.54) is 7.11 Å². The molecule has 0 aliphatic rings. The normalized spacial score (nSPS) is 14.8. The van der Waals surface area contributed by atoms with Crippen LogP contribution < -0.4 is 9.64 Å². The zero-order chi connectivity index (χ0) is 23.5. The van der Waals surface area contributed by atoms with Crippen LogP contribution in [-0.2, 0) is 10.2 Å². The molecule has 32 heavy (non-hydrogen) atoms. The number of hydrogen-bond acceptors (Lipinski definition) is 6. The number of methoxy groups -OCH3 is 1. The SMILES string of the molecule is COC(C)(O)N(C)c1ccc(C(C)(c2ccc(O)cc2)c2ccc(OC(=O)O)cc2)cc1. The number of phenols is 1. The van der Waals surface area contributed by atoms with E-state index < -0.39 is 17.5 Å². The molecule has 0 fully saturated rings. The van der Waals surface area contributed by atoms with Crippen molar-refractivity contribution in [1.82, 2.24) is 0 Å². The predicted molar refractivity (Wildman–Crippen MR) is 121 cm³/mol. The number of anilines is 1. The number of aliphatic hydroxyl groups is 1. The molecular formula is C25H27NO6. The van der Waals surface area contributed by atoms with Crippen molar-refractivity contribution in [1.29, 1.82) is 0 Å². The van der Waals surface area contributed by atoms with Gasteiger partial charge in [0.05, 0.1) is 0 Å². The molecule has 7 heteroatoms. The van der Waals surface area contributed by atoms with E-state index in [2.05, 4.69) is 6.92 Å². The summed E-state index contributed by atoms with van der Waals surface area (Å²) in [7, 11) is 3.17. The third-order valence-corrected chi connectivity index (χ3v) is 5.92.